The first kappa shape index (κ1) is 17.0. The van der Waals surface area contributed by atoms with Gasteiger partial charge >= 0.3 is 0 Å². The Bertz CT molecular complexity index is 559. The van der Waals surface area contributed by atoms with Gasteiger partial charge in [0.2, 0.25) is 0 Å². The average Bonchev–Trinajstić information content (AvgIpc) is 2.91. The third-order valence-electron chi connectivity index (χ3n) is 4.37. The van der Waals surface area contributed by atoms with E-state index in [4.69, 9.17) is 10.7 Å². The quantitative estimate of drug-likeness (QED) is 0.613. The van der Waals surface area contributed by atoms with E-state index in [-0.39, 0.29) is 6.04 Å². The molecule has 122 valence electrons. The highest BCUT2D eigenvalue weighted by Gasteiger charge is 2.16. The minimum absolute atomic E-state index is 0.0583. The van der Waals surface area contributed by atoms with Crippen molar-refractivity contribution < 1.29 is 0 Å². The molecular formula is C19H31N3. The first-order valence-corrected chi connectivity index (χ1v) is 8.98. The summed E-state index contributed by atoms with van der Waals surface area (Å²) in [5, 5.41) is 0. The van der Waals surface area contributed by atoms with Gasteiger partial charge in [-0.15, -0.1) is 0 Å². The van der Waals surface area contributed by atoms with Gasteiger partial charge in [-0.1, -0.05) is 64.5 Å². The second-order valence-electron chi connectivity index (χ2n) is 6.27. The van der Waals surface area contributed by atoms with Crippen molar-refractivity contribution in [3.05, 3.63) is 30.1 Å². The molecule has 0 aliphatic heterocycles. The average molecular weight is 301 g/mol. The predicted molar refractivity (Wildman–Crippen MR) is 94.9 cm³/mol. The first-order chi connectivity index (χ1) is 10.8. The Hall–Kier alpha value is -1.35. The van der Waals surface area contributed by atoms with E-state index < -0.39 is 0 Å². The molecule has 0 saturated heterocycles. The van der Waals surface area contributed by atoms with Gasteiger partial charge in [0, 0.05) is 6.54 Å². The summed E-state index contributed by atoms with van der Waals surface area (Å²) in [6.07, 6.45) is 9.86. The van der Waals surface area contributed by atoms with Crippen LogP contribution in [-0.4, -0.2) is 9.55 Å². The zero-order valence-corrected chi connectivity index (χ0v) is 14.2. The molecule has 1 aromatic carbocycles. The number of aromatic nitrogens is 2. The number of rotatable bonds is 10. The van der Waals surface area contributed by atoms with Crippen molar-refractivity contribution in [1.82, 2.24) is 9.55 Å². The lowest BCUT2D eigenvalue weighted by Gasteiger charge is -2.14. The first-order valence-electron chi connectivity index (χ1n) is 8.98. The fourth-order valence-electron chi connectivity index (χ4n) is 3.04. The van der Waals surface area contributed by atoms with Crippen LogP contribution >= 0.6 is 0 Å². The van der Waals surface area contributed by atoms with Crippen LogP contribution in [0, 0.1) is 0 Å². The number of imidazole rings is 1. The Morgan fingerprint density at radius 3 is 2.50 bits per heavy atom. The van der Waals surface area contributed by atoms with Crippen molar-refractivity contribution in [2.24, 2.45) is 5.73 Å². The zero-order chi connectivity index (χ0) is 15.8. The molecule has 22 heavy (non-hydrogen) atoms. The van der Waals surface area contributed by atoms with Gasteiger partial charge in [-0.2, -0.15) is 0 Å². The van der Waals surface area contributed by atoms with Crippen molar-refractivity contribution in [2.45, 2.75) is 77.8 Å². The molecule has 0 bridgehead atoms. The Balaban J connectivity index is 2.13. The number of hydrogen-bond donors (Lipinski definition) is 1. The van der Waals surface area contributed by atoms with Crippen molar-refractivity contribution in [3.63, 3.8) is 0 Å². The Kier molecular flexibility index (Phi) is 6.91. The van der Waals surface area contributed by atoms with E-state index in [2.05, 4.69) is 42.7 Å². The number of unbranched alkanes of at least 4 members (excludes halogenated alkanes) is 5. The second-order valence-corrected chi connectivity index (χ2v) is 6.27. The maximum absolute atomic E-state index is 6.41. The molecule has 3 heteroatoms. The number of nitrogens with zero attached hydrogens (tertiary/aromatic N) is 2. The van der Waals surface area contributed by atoms with Crippen molar-refractivity contribution in [3.8, 4) is 0 Å². The molecule has 0 radical (unpaired) electrons. The van der Waals surface area contributed by atoms with E-state index >= 15 is 0 Å². The molecule has 2 aromatic rings. The van der Waals surface area contributed by atoms with Gasteiger partial charge in [0.25, 0.3) is 0 Å². The van der Waals surface area contributed by atoms with E-state index in [1.165, 1.54) is 50.5 Å². The molecule has 1 aromatic heterocycles. The molecule has 1 unspecified atom stereocenters. The third-order valence-corrected chi connectivity index (χ3v) is 4.37. The summed E-state index contributed by atoms with van der Waals surface area (Å²) in [7, 11) is 0. The van der Waals surface area contributed by atoms with Gasteiger partial charge in [0.05, 0.1) is 17.1 Å². The van der Waals surface area contributed by atoms with Crippen molar-refractivity contribution in [1.29, 1.82) is 0 Å². The van der Waals surface area contributed by atoms with E-state index in [1.807, 2.05) is 0 Å². The van der Waals surface area contributed by atoms with Crippen LogP contribution in [0.4, 0.5) is 0 Å². The molecule has 0 amide bonds. The van der Waals surface area contributed by atoms with Gasteiger partial charge in [0.15, 0.2) is 0 Å². The fraction of sp³-hybridized carbons (Fsp3) is 0.632. The Morgan fingerprint density at radius 1 is 1.00 bits per heavy atom. The highest BCUT2D eigenvalue weighted by molar-refractivity contribution is 5.76. The van der Waals surface area contributed by atoms with Crippen LogP contribution in [0.1, 0.15) is 77.1 Å². The summed E-state index contributed by atoms with van der Waals surface area (Å²) in [4.78, 5) is 4.82. The van der Waals surface area contributed by atoms with Crippen molar-refractivity contribution in [2.75, 3.05) is 0 Å². The monoisotopic (exact) mass is 301 g/mol. The minimum Gasteiger partial charge on any atom is -0.327 e. The van der Waals surface area contributed by atoms with E-state index in [0.29, 0.717) is 0 Å². The number of fused-ring (bicyclic) bond motifs is 1. The smallest absolute Gasteiger partial charge is 0.126 e. The summed E-state index contributed by atoms with van der Waals surface area (Å²) < 4.78 is 2.36. The summed E-state index contributed by atoms with van der Waals surface area (Å²) in [5.41, 5.74) is 8.73. The summed E-state index contributed by atoms with van der Waals surface area (Å²) in [6, 6.07) is 8.48. The fourth-order valence-corrected chi connectivity index (χ4v) is 3.04. The lowest BCUT2D eigenvalue weighted by molar-refractivity contribution is 0.515. The van der Waals surface area contributed by atoms with Crippen LogP contribution in [0.25, 0.3) is 11.0 Å². The number of benzene rings is 1. The largest absolute Gasteiger partial charge is 0.327 e. The third kappa shape index (κ3) is 4.33. The van der Waals surface area contributed by atoms with Crippen LogP contribution in [-0.2, 0) is 6.54 Å². The molecule has 0 aliphatic carbocycles. The minimum atomic E-state index is 0.0583. The maximum Gasteiger partial charge on any atom is 0.126 e. The van der Waals surface area contributed by atoms with Crippen LogP contribution in [0.5, 0.6) is 0 Å². The van der Waals surface area contributed by atoms with E-state index in [1.54, 1.807) is 0 Å². The topological polar surface area (TPSA) is 43.8 Å². The highest BCUT2D eigenvalue weighted by atomic mass is 15.1. The molecule has 1 heterocycles. The number of hydrogen-bond acceptors (Lipinski definition) is 2. The molecule has 0 fully saturated rings. The van der Waals surface area contributed by atoms with Crippen LogP contribution in [0.3, 0.4) is 0 Å². The molecule has 0 aliphatic rings. The zero-order valence-electron chi connectivity index (χ0n) is 14.2. The number of aryl methyl sites for hydroxylation is 1. The van der Waals surface area contributed by atoms with Gasteiger partial charge in [-0.25, -0.2) is 4.98 Å². The molecule has 1 atom stereocenters. The molecule has 2 N–H and O–H groups in total. The Labute approximate surface area is 134 Å². The van der Waals surface area contributed by atoms with Crippen LogP contribution < -0.4 is 5.73 Å². The maximum atomic E-state index is 6.41. The molecule has 2 rings (SSSR count). The Morgan fingerprint density at radius 2 is 1.73 bits per heavy atom. The standard InChI is InChI=1S/C19H31N3/c1-3-5-7-8-11-15-22-18-14-10-9-13-17(18)21-19(22)16(20)12-6-4-2/h9-10,13-14,16H,3-8,11-12,15,20H2,1-2H3. The second kappa shape index (κ2) is 8.94. The summed E-state index contributed by atoms with van der Waals surface area (Å²) in [6.45, 7) is 5.51. The number of para-hydroxylation sites is 2. The van der Waals surface area contributed by atoms with E-state index in [0.717, 1.165) is 24.3 Å². The lowest BCUT2D eigenvalue weighted by atomic mass is 10.1. The summed E-state index contributed by atoms with van der Waals surface area (Å²) in [5.74, 6) is 1.07. The molecular weight excluding hydrogens is 270 g/mol. The van der Waals surface area contributed by atoms with Gasteiger partial charge in [-0.3, -0.25) is 0 Å². The number of nitrogens with two attached hydrogens (primary N) is 1. The normalized spacial score (nSPS) is 12.9. The van der Waals surface area contributed by atoms with Gasteiger partial charge in [-0.05, 0) is 25.0 Å². The highest BCUT2D eigenvalue weighted by Crippen LogP contribution is 2.23. The van der Waals surface area contributed by atoms with Crippen molar-refractivity contribution >= 4 is 11.0 Å². The van der Waals surface area contributed by atoms with E-state index in [9.17, 15) is 0 Å². The van der Waals surface area contributed by atoms with Gasteiger partial charge in [0.1, 0.15) is 5.82 Å². The summed E-state index contributed by atoms with van der Waals surface area (Å²) >= 11 is 0. The molecule has 3 nitrogen and oxygen atoms in total. The predicted octanol–water partition coefficient (Wildman–Crippen LogP) is 5.20. The lowest BCUT2D eigenvalue weighted by Crippen LogP contribution is -2.17. The SMILES string of the molecule is CCCCCCCn1c(C(N)CCCC)nc2ccccc21. The van der Waals surface area contributed by atoms with Crippen LogP contribution in [0.15, 0.2) is 24.3 Å². The van der Waals surface area contributed by atoms with Crippen LogP contribution in [0.2, 0.25) is 0 Å². The molecule has 0 spiro atoms. The molecule has 0 saturated carbocycles. The van der Waals surface area contributed by atoms with Gasteiger partial charge < -0.3 is 10.3 Å².